The van der Waals surface area contributed by atoms with E-state index in [2.05, 4.69) is 29.0 Å². The predicted molar refractivity (Wildman–Crippen MR) is 170 cm³/mol. The minimum Gasteiger partial charge on any atom is -0.457 e. The Morgan fingerprint density at radius 3 is 2.51 bits per heavy atom. The van der Waals surface area contributed by atoms with E-state index in [0.717, 1.165) is 89.0 Å². The summed E-state index contributed by atoms with van der Waals surface area (Å²) in [6.45, 7) is 4.75. The maximum Gasteiger partial charge on any atom is 0.338 e. The highest BCUT2D eigenvalue weighted by Crippen LogP contribution is 2.35. The third-order valence-corrected chi connectivity index (χ3v) is 9.75. The van der Waals surface area contributed by atoms with Crippen LogP contribution in [0.3, 0.4) is 0 Å². The SMILES string of the molecule is CN1CCCN(CCCCc2ccc3c(c2)OCO3)CC(C2CCCCCCCC2O)C(OC(=O)c2ccc(Cl)cc2)C1. The number of hydrogen-bond donors (Lipinski definition) is 1. The van der Waals surface area contributed by atoms with Crippen molar-refractivity contribution in [2.24, 2.45) is 11.8 Å². The van der Waals surface area contributed by atoms with Gasteiger partial charge in [-0.2, -0.15) is 0 Å². The molecule has 43 heavy (non-hydrogen) atoms. The van der Waals surface area contributed by atoms with Gasteiger partial charge in [0, 0.05) is 24.0 Å². The van der Waals surface area contributed by atoms with E-state index in [1.165, 1.54) is 24.8 Å². The molecular formula is C35H49ClN2O5. The average Bonchev–Trinajstić information content (AvgIpc) is 3.51. The number of unbranched alkanes of at least 4 members (excludes halogenated alkanes) is 1. The molecule has 1 saturated carbocycles. The third kappa shape index (κ3) is 9.34. The minimum atomic E-state index is -0.376. The lowest BCUT2D eigenvalue weighted by Crippen LogP contribution is -2.47. The third-order valence-electron chi connectivity index (χ3n) is 9.50. The van der Waals surface area contributed by atoms with Crippen molar-refractivity contribution in [3.05, 3.63) is 58.6 Å². The summed E-state index contributed by atoms with van der Waals surface area (Å²) in [4.78, 5) is 18.3. The molecule has 2 aliphatic heterocycles. The molecule has 236 valence electrons. The number of carbonyl (C=O) groups excluding carboxylic acids is 1. The molecule has 4 unspecified atom stereocenters. The maximum absolute atomic E-state index is 13.4. The van der Waals surface area contributed by atoms with Crippen molar-refractivity contribution < 1.29 is 24.1 Å². The van der Waals surface area contributed by atoms with E-state index in [4.69, 9.17) is 25.8 Å². The Morgan fingerprint density at radius 1 is 0.907 bits per heavy atom. The largest absolute Gasteiger partial charge is 0.457 e. The number of fused-ring (bicyclic) bond motifs is 1. The number of halogens is 1. The van der Waals surface area contributed by atoms with Crippen molar-refractivity contribution in [3.8, 4) is 11.5 Å². The maximum atomic E-state index is 13.4. The molecule has 1 N–H and O–H groups in total. The van der Waals surface area contributed by atoms with Crippen LogP contribution in [0.2, 0.25) is 5.02 Å². The van der Waals surface area contributed by atoms with Crippen molar-refractivity contribution in [1.82, 2.24) is 9.80 Å². The van der Waals surface area contributed by atoms with Crippen LogP contribution in [0.5, 0.6) is 11.5 Å². The fourth-order valence-electron chi connectivity index (χ4n) is 7.07. The molecule has 1 aliphatic carbocycles. The summed E-state index contributed by atoms with van der Waals surface area (Å²) in [5.41, 5.74) is 1.79. The summed E-state index contributed by atoms with van der Waals surface area (Å²) in [7, 11) is 2.13. The highest BCUT2D eigenvalue weighted by Gasteiger charge is 2.38. The molecule has 0 spiro atoms. The van der Waals surface area contributed by atoms with Gasteiger partial charge in [-0.25, -0.2) is 4.79 Å². The van der Waals surface area contributed by atoms with Gasteiger partial charge in [-0.15, -0.1) is 0 Å². The van der Waals surface area contributed by atoms with Gasteiger partial charge in [0.1, 0.15) is 6.10 Å². The summed E-state index contributed by atoms with van der Waals surface area (Å²) in [5, 5.41) is 12.1. The van der Waals surface area contributed by atoms with Gasteiger partial charge in [0.05, 0.1) is 11.7 Å². The lowest BCUT2D eigenvalue weighted by Gasteiger charge is -2.39. The Kier molecular flexibility index (Phi) is 12.0. The van der Waals surface area contributed by atoms with Crippen molar-refractivity contribution >= 4 is 17.6 Å². The second kappa shape index (κ2) is 16.1. The first-order valence-electron chi connectivity index (χ1n) is 16.4. The van der Waals surface area contributed by atoms with Crippen LogP contribution in [0.15, 0.2) is 42.5 Å². The van der Waals surface area contributed by atoms with Crippen LogP contribution in [-0.4, -0.2) is 79.6 Å². The van der Waals surface area contributed by atoms with Crippen LogP contribution in [0.25, 0.3) is 0 Å². The van der Waals surface area contributed by atoms with Crippen molar-refractivity contribution in [2.45, 2.75) is 82.8 Å². The molecule has 3 aliphatic rings. The molecule has 2 aromatic carbocycles. The summed E-state index contributed by atoms with van der Waals surface area (Å²) in [6.07, 6.45) is 11.1. The first-order chi connectivity index (χ1) is 21.0. The number of aliphatic hydroxyl groups is 1. The molecule has 2 heterocycles. The molecule has 7 nitrogen and oxygen atoms in total. The molecule has 0 aromatic heterocycles. The first-order valence-corrected chi connectivity index (χ1v) is 16.8. The molecule has 0 radical (unpaired) electrons. The van der Waals surface area contributed by atoms with E-state index in [9.17, 15) is 9.90 Å². The number of aryl methyl sites for hydroxylation is 1. The van der Waals surface area contributed by atoms with Crippen LogP contribution in [-0.2, 0) is 11.2 Å². The molecule has 4 atom stereocenters. The standard InChI is InChI=1S/C35H49ClN2O5/c1-37-19-9-21-38(20-8-7-10-26-13-18-32-33(22-26)42-25-41-32)23-30(29-11-5-3-2-4-6-12-31(29)39)34(24-37)43-35(40)27-14-16-28(36)17-15-27/h13-18,22,29-31,34,39H,2-12,19-21,23-25H2,1H3. The smallest absolute Gasteiger partial charge is 0.338 e. The summed E-state index contributed by atoms with van der Waals surface area (Å²) in [5.74, 6) is 1.52. The number of aliphatic hydroxyl groups excluding tert-OH is 1. The van der Waals surface area contributed by atoms with Crippen molar-refractivity contribution in [3.63, 3.8) is 0 Å². The molecule has 0 bridgehead atoms. The quantitative estimate of drug-likeness (QED) is 0.266. The number of carbonyl (C=O) groups is 1. The number of ether oxygens (including phenoxy) is 3. The number of likely N-dealkylation sites (N-methyl/N-ethyl adjacent to an activating group) is 1. The zero-order valence-corrected chi connectivity index (χ0v) is 26.5. The van der Waals surface area contributed by atoms with E-state index in [0.29, 0.717) is 23.9 Å². The fourth-order valence-corrected chi connectivity index (χ4v) is 7.19. The van der Waals surface area contributed by atoms with Gasteiger partial charge < -0.3 is 29.1 Å². The zero-order chi connectivity index (χ0) is 30.0. The molecule has 0 amide bonds. The molecule has 8 heteroatoms. The normalized spacial score (nSPS) is 25.9. The van der Waals surface area contributed by atoms with E-state index in [-0.39, 0.29) is 30.0 Å². The Morgan fingerprint density at radius 2 is 1.67 bits per heavy atom. The van der Waals surface area contributed by atoms with Gasteiger partial charge in [0.15, 0.2) is 11.5 Å². The second-order valence-corrected chi connectivity index (χ2v) is 13.2. The topological polar surface area (TPSA) is 71.5 Å². The van der Waals surface area contributed by atoms with Gasteiger partial charge >= 0.3 is 5.97 Å². The average molecular weight is 613 g/mol. The van der Waals surface area contributed by atoms with Crippen molar-refractivity contribution in [2.75, 3.05) is 46.6 Å². The van der Waals surface area contributed by atoms with Gasteiger partial charge in [-0.3, -0.25) is 0 Å². The van der Waals surface area contributed by atoms with Crippen LogP contribution in [0.4, 0.5) is 0 Å². The number of hydrogen-bond acceptors (Lipinski definition) is 7. The molecule has 1 saturated heterocycles. The monoisotopic (exact) mass is 612 g/mol. The zero-order valence-electron chi connectivity index (χ0n) is 25.7. The highest BCUT2D eigenvalue weighted by molar-refractivity contribution is 6.30. The highest BCUT2D eigenvalue weighted by atomic mass is 35.5. The van der Waals surface area contributed by atoms with Gasteiger partial charge in [0.2, 0.25) is 6.79 Å². The molecule has 2 fully saturated rings. The lowest BCUT2D eigenvalue weighted by atomic mass is 9.78. The summed E-state index contributed by atoms with van der Waals surface area (Å²) in [6, 6.07) is 13.2. The summed E-state index contributed by atoms with van der Waals surface area (Å²) < 4.78 is 17.4. The van der Waals surface area contributed by atoms with Crippen LogP contribution >= 0.6 is 11.6 Å². The first kappa shape index (κ1) is 32.1. The molecule has 5 rings (SSSR count). The van der Waals surface area contributed by atoms with Gasteiger partial charge in [-0.1, -0.05) is 49.8 Å². The second-order valence-electron chi connectivity index (χ2n) is 12.8. The van der Waals surface area contributed by atoms with Crippen LogP contribution < -0.4 is 9.47 Å². The Labute approximate surface area is 262 Å². The Hall–Kier alpha value is -2.32. The Bertz CT molecular complexity index is 1160. The van der Waals surface area contributed by atoms with Gasteiger partial charge in [-0.05, 0) is 113 Å². The van der Waals surface area contributed by atoms with E-state index in [1.807, 2.05) is 6.07 Å². The number of benzene rings is 2. The van der Waals surface area contributed by atoms with Crippen LogP contribution in [0.1, 0.15) is 80.1 Å². The number of rotatable bonds is 8. The van der Waals surface area contributed by atoms with Crippen LogP contribution in [0, 0.1) is 11.8 Å². The number of esters is 1. The van der Waals surface area contributed by atoms with Crippen molar-refractivity contribution in [1.29, 1.82) is 0 Å². The minimum absolute atomic E-state index is 0.0544. The Balaban J connectivity index is 1.30. The van der Waals surface area contributed by atoms with E-state index in [1.54, 1.807) is 24.3 Å². The molecule has 2 aromatic rings. The van der Waals surface area contributed by atoms with Gasteiger partial charge in [0.25, 0.3) is 0 Å². The molecular weight excluding hydrogens is 564 g/mol. The predicted octanol–water partition coefficient (Wildman–Crippen LogP) is 6.59. The van der Waals surface area contributed by atoms with E-state index < -0.39 is 0 Å². The number of nitrogens with zero attached hydrogens (tertiary/aromatic N) is 2. The fraction of sp³-hybridized carbons (Fsp3) is 0.629. The summed E-state index contributed by atoms with van der Waals surface area (Å²) >= 11 is 6.09. The van der Waals surface area contributed by atoms with E-state index >= 15 is 0 Å². The lowest BCUT2D eigenvalue weighted by molar-refractivity contribution is -0.0401.